The zero-order chi connectivity index (χ0) is 30.2. The number of hydrogen-bond acceptors (Lipinski definition) is 8. The number of aromatic nitrogens is 1. The molecule has 220 valence electrons. The predicted octanol–water partition coefficient (Wildman–Crippen LogP) is 5.55. The van der Waals surface area contributed by atoms with Gasteiger partial charge in [-0.15, -0.1) is 0 Å². The molecular formula is C30H23BrFN3O6S2. The zero-order valence-corrected chi connectivity index (χ0v) is 25.7. The Hall–Kier alpha value is -3.94. The van der Waals surface area contributed by atoms with Crippen LogP contribution in [0.2, 0.25) is 0 Å². The van der Waals surface area contributed by atoms with Crippen molar-refractivity contribution in [2.75, 3.05) is 23.4 Å². The molecule has 1 saturated heterocycles. The molecule has 6 rings (SSSR count). The van der Waals surface area contributed by atoms with Crippen LogP contribution in [-0.2, 0) is 14.4 Å². The Labute approximate surface area is 261 Å². The monoisotopic (exact) mass is 683 g/mol. The maximum absolute atomic E-state index is 13.9. The van der Waals surface area contributed by atoms with Crippen LogP contribution in [0, 0.1) is 11.7 Å². The molecule has 3 heterocycles. The SMILES string of the molecule is CCOc1cc([C@H]2c3sc(=O)[nH]c3SC3C(=O)N(c4ccc(Br)cc4)C(=O)C32)ccc1OCC(=O)Nc1ccc(F)cc1. The maximum Gasteiger partial charge on any atom is 0.305 e. The van der Waals surface area contributed by atoms with Crippen molar-refractivity contribution in [2.45, 2.75) is 23.1 Å². The van der Waals surface area contributed by atoms with Crippen LogP contribution in [-0.4, -0.2) is 41.2 Å². The van der Waals surface area contributed by atoms with Crippen molar-refractivity contribution in [3.63, 3.8) is 0 Å². The van der Waals surface area contributed by atoms with Crippen LogP contribution in [0.1, 0.15) is 23.3 Å². The molecule has 3 amide bonds. The average Bonchev–Trinajstić information content (AvgIpc) is 3.48. The van der Waals surface area contributed by atoms with Crippen molar-refractivity contribution in [3.05, 3.63) is 97.1 Å². The normalized spacial score (nSPS) is 19.1. The van der Waals surface area contributed by atoms with Crippen LogP contribution < -0.4 is 24.6 Å². The first kappa shape index (κ1) is 29.1. The van der Waals surface area contributed by atoms with Gasteiger partial charge in [0.2, 0.25) is 11.8 Å². The Kier molecular flexibility index (Phi) is 8.12. The van der Waals surface area contributed by atoms with E-state index in [1.54, 1.807) is 49.4 Å². The summed E-state index contributed by atoms with van der Waals surface area (Å²) < 4.78 is 25.6. The summed E-state index contributed by atoms with van der Waals surface area (Å²) in [5.74, 6) is -2.28. The number of ether oxygens (including phenoxy) is 2. The molecule has 43 heavy (non-hydrogen) atoms. The first-order chi connectivity index (χ1) is 20.7. The number of H-pyrrole nitrogens is 1. The van der Waals surface area contributed by atoms with Crippen molar-refractivity contribution in [1.82, 2.24) is 4.98 Å². The van der Waals surface area contributed by atoms with Gasteiger partial charge in [-0.2, -0.15) is 0 Å². The number of benzene rings is 3. The van der Waals surface area contributed by atoms with E-state index in [2.05, 4.69) is 26.2 Å². The van der Waals surface area contributed by atoms with Gasteiger partial charge in [-0.1, -0.05) is 45.1 Å². The van der Waals surface area contributed by atoms with Gasteiger partial charge in [0.25, 0.3) is 5.91 Å². The van der Waals surface area contributed by atoms with Crippen LogP contribution >= 0.6 is 39.0 Å². The predicted molar refractivity (Wildman–Crippen MR) is 165 cm³/mol. The van der Waals surface area contributed by atoms with Gasteiger partial charge in [-0.25, -0.2) is 9.29 Å². The van der Waals surface area contributed by atoms with Gasteiger partial charge in [-0.3, -0.25) is 19.2 Å². The Bertz CT molecular complexity index is 1780. The van der Waals surface area contributed by atoms with Gasteiger partial charge >= 0.3 is 4.87 Å². The van der Waals surface area contributed by atoms with Crippen LogP contribution in [0.4, 0.5) is 15.8 Å². The molecule has 3 aromatic carbocycles. The van der Waals surface area contributed by atoms with Crippen molar-refractivity contribution in [1.29, 1.82) is 0 Å². The molecule has 0 aliphatic carbocycles. The highest BCUT2D eigenvalue weighted by atomic mass is 79.9. The summed E-state index contributed by atoms with van der Waals surface area (Å²) in [5, 5.41) is 2.47. The number of amides is 3. The summed E-state index contributed by atoms with van der Waals surface area (Å²) in [6, 6.07) is 17.4. The van der Waals surface area contributed by atoms with Crippen molar-refractivity contribution >= 4 is 68.1 Å². The molecule has 1 fully saturated rings. The number of hydrogen-bond donors (Lipinski definition) is 2. The third kappa shape index (κ3) is 5.71. The molecule has 2 N–H and O–H groups in total. The fourth-order valence-electron chi connectivity index (χ4n) is 5.20. The number of rotatable bonds is 8. The number of carbonyl (C=O) groups is 3. The fraction of sp³-hybridized carbons (Fsp3) is 0.200. The molecule has 9 nitrogen and oxygen atoms in total. The summed E-state index contributed by atoms with van der Waals surface area (Å²) in [7, 11) is 0. The van der Waals surface area contributed by atoms with Gasteiger partial charge in [0, 0.05) is 21.0 Å². The lowest BCUT2D eigenvalue weighted by atomic mass is 9.83. The fourth-order valence-corrected chi connectivity index (χ4v) is 7.98. The summed E-state index contributed by atoms with van der Waals surface area (Å²) in [6.07, 6.45) is 0. The summed E-state index contributed by atoms with van der Waals surface area (Å²) >= 11 is 5.60. The van der Waals surface area contributed by atoms with E-state index in [0.717, 1.165) is 15.8 Å². The van der Waals surface area contributed by atoms with Crippen molar-refractivity contribution in [3.8, 4) is 11.5 Å². The van der Waals surface area contributed by atoms with E-state index < -0.39 is 28.8 Å². The quantitative estimate of drug-likeness (QED) is 0.234. The van der Waals surface area contributed by atoms with Crippen LogP contribution in [0.3, 0.4) is 0 Å². The third-order valence-electron chi connectivity index (χ3n) is 7.02. The topological polar surface area (TPSA) is 118 Å². The third-order valence-corrected chi connectivity index (χ3v) is 9.95. The average molecular weight is 685 g/mol. The van der Waals surface area contributed by atoms with Crippen molar-refractivity contribution < 1.29 is 28.2 Å². The smallest absolute Gasteiger partial charge is 0.305 e. The van der Waals surface area contributed by atoms with E-state index >= 15 is 0 Å². The molecule has 1 aromatic heterocycles. The second-order valence-corrected chi connectivity index (χ2v) is 12.8. The van der Waals surface area contributed by atoms with E-state index in [1.165, 1.54) is 40.9 Å². The minimum absolute atomic E-state index is 0.274. The lowest BCUT2D eigenvalue weighted by Gasteiger charge is -2.30. The standard InChI is InChI=1S/C30H23BrFN3O6S2/c1-2-40-21-13-15(3-12-20(21)41-14-22(36)33-18-8-6-17(32)7-9-18)23-24-26(42-27-25(23)43-30(39)34-27)29(38)35(28(24)37)19-10-4-16(31)5-11-19/h3-13,23-24,26H,2,14H2,1H3,(H,33,36)(H,34,39)/t23-,24?,26?/m1/s1. The van der Waals surface area contributed by atoms with Crippen LogP contribution in [0.15, 0.2) is 81.0 Å². The van der Waals surface area contributed by atoms with Gasteiger partial charge in [-0.05, 0) is 73.2 Å². The van der Waals surface area contributed by atoms with Gasteiger partial charge in [0.1, 0.15) is 11.1 Å². The first-order valence-corrected chi connectivity index (χ1v) is 15.7. The number of anilines is 2. The largest absolute Gasteiger partial charge is 0.490 e. The number of halogens is 2. The Morgan fingerprint density at radius 2 is 1.74 bits per heavy atom. The number of thioether (sulfide) groups is 1. The number of aromatic amines is 1. The Balaban J connectivity index is 1.31. The number of fused-ring (bicyclic) bond motifs is 2. The highest BCUT2D eigenvalue weighted by Crippen LogP contribution is 2.53. The second-order valence-electron chi connectivity index (χ2n) is 9.72. The molecular weight excluding hydrogens is 661 g/mol. The van der Waals surface area contributed by atoms with E-state index in [1.807, 2.05) is 0 Å². The number of nitrogens with one attached hydrogen (secondary N) is 2. The minimum atomic E-state index is -0.761. The Morgan fingerprint density at radius 1 is 1.00 bits per heavy atom. The maximum atomic E-state index is 13.9. The minimum Gasteiger partial charge on any atom is -0.490 e. The zero-order valence-electron chi connectivity index (χ0n) is 22.5. The second kappa shape index (κ2) is 12.0. The van der Waals surface area contributed by atoms with E-state index in [4.69, 9.17) is 9.47 Å². The van der Waals surface area contributed by atoms with E-state index in [9.17, 15) is 23.6 Å². The number of thiazole rings is 1. The van der Waals surface area contributed by atoms with Crippen LogP contribution in [0.5, 0.6) is 11.5 Å². The summed E-state index contributed by atoms with van der Waals surface area (Å²) in [5.41, 5.74) is 1.56. The first-order valence-electron chi connectivity index (χ1n) is 13.2. The Morgan fingerprint density at radius 3 is 2.47 bits per heavy atom. The van der Waals surface area contributed by atoms with E-state index in [0.29, 0.717) is 44.9 Å². The summed E-state index contributed by atoms with van der Waals surface area (Å²) in [6.45, 7) is 1.77. The molecule has 0 saturated carbocycles. The van der Waals surface area contributed by atoms with Crippen molar-refractivity contribution in [2.24, 2.45) is 5.92 Å². The lowest BCUT2D eigenvalue weighted by molar-refractivity contribution is -0.122. The number of nitrogens with zero attached hydrogens (tertiary/aromatic N) is 1. The number of carbonyl (C=O) groups excluding carboxylic acids is 3. The summed E-state index contributed by atoms with van der Waals surface area (Å²) in [4.78, 5) is 56.9. The van der Waals surface area contributed by atoms with Gasteiger partial charge in [0.05, 0.1) is 23.2 Å². The van der Waals surface area contributed by atoms with E-state index in [-0.39, 0.29) is 23.3 Å². The van der Waals surface area contributed by atoms with Gasteiger partial charge < -0.3 is 19.8 Å². The molecule has 0 spiro atoms. The highest BCUT2D eigenvalue weighted by molar-refractivity contribution is 9.10. The molecule has 2 aliphatic heterocycles. The molecule has 13 heteroatoms. The molecule has 0 radical (unpaired) electrons. The highest BCUT2D eigenvalue weighted by Gasteiger charge is 2.56. The molecule has 2 unspecified atom stereocenters. The number of imide groups is 1. The molecule has 0 bridgehead atoms. The van der Waals surface area contributed by atoms with Gasteiger partial charge in [0.15, 0.2) is 18.1 Å². The molecule has 4 aromatic rings. The lowest BCUT2D eigenvalue weighted by Crippen LogP contribution is -2.32. The molecule has 2 aliphatic rings. The van der Waals surface area contributed by atoms with Crippen LogP contribution in [0.25, 0.3) is 0 Å². The molecule has 3 atom stereocenters.